The van der Waals surface area contributed by atoms with Gasteiger partial charge in [-0.2, -0.15) is 0 Å². The molecule has 0 aliphatic heterocycles. The van der Waals surface area contributed by atoms with Crippen molar-refractivity contribution >= 4 is 17.0 Å². The predicted octanol–water partition coefficient (Wildman–Crippen LogP) is 2.17. The third kappa shape index (κ3) is 3.53. The molecule has 130 valence electrons. The third-order valence-corrected chi connectivity index (χ3v) is 4.72. The topological polar surface area (TPSA) is 81.9 Å². The minimum absolute atomic E-state index is 0.713. The minimum atomic E-state index is 0.713. The maximum absolute atomic E-state index is 5.76. The molecule has 5 heteroatoms. The van der Waals surface area contributed by atoms with Gasteiger partial charge in [0.25, 0.3) is 0 Å². The molecule has 3 rings (SSSR count). The van der Waals surface area contributed by atoms with E-state index in [1.54, 1.807) is 0 Å². The van der Waals surface area contributed by atoms with Gasteiger partial charge in [-0.15, -0.1) is 0 Å². The first-order valence-electron chi connectivity index (χ1n) is 9.13. The number of nitrogens with zero attached hydrogens (tertiary/aromatic N) is 2. The first kappa shape index (κ1) is 17.1. The molecule has 0 aromatic carbocycles. The largest absolute Gasteiger partial charge is 0.339 e. The number of unbranched alkanes of at least 4 members (excludes halogenated alkanes) is 1. The van der Waals surface area contributed by atoms with E-state index in [4.69, 9.17) is 11.5 Å². The van der Waals surface area contributed by atoms with Gasteiger partial charge in [0.2, 0.25) is 0 Å². The Balaban J connectivity index is 1.91. The van der Waals surface area contributed by atoms with Gasteiger partial charge < -0.3 is 21.4 Å². The second-order valence-electron chi connectivity index (χ2n) is 6.43. The van der Waals surface area contributed by atoms with Crippen LogP contribution in [0, 0.1) is 0 Å². The number of hydrogen-bond acceptors (Lipinski definition) is 4. The van der Waals surface area contributed by atoms with Crippen molar-refractivity contribution in [1.29, 1.82) is 0 Å². The fourth-order valence-electron chi connectivity index (χ4n) is 3.55. The van der Waals surface area contributed by atoms with E-state index in [1.807, 2.05) is 6.20 Å². The highest BCUT2D eigenvalue weighted by Crippen LogP contribution is 2.32. The fraction of sp³-hybridized carbons (Fsp3) is 0.526. The van der Waals surface area contributed by atoms with E-state index in [9.17, 15) is 0 Å². The second kappa shape index (κ2) is 8.42. The van der Waals surface area contributed by atoms with Crippen LogP contribution in [0.2, 0.25) is 0 Å². The summed E-state index contributed by atoms with van der Waals surface area (Å²) in [6.07, 6.45) is 11.9. The van der Waals surface area contributed by atoms with E-state index < -0.39 is 0 Å². The lowest BCUT2D eigenvalue weighted by atomic mass is 10.0. The van der Waals surface area contributed by atoms with Crippen LogP contribution in [0.25, 0.3) is 17.0 Å². The number of aryl methyl sites for hydroxylation is 2. The van der Waals surface area contributed by atoms with E-state index in [0.29, 0.717) is 6.54 Å². The smallest absolute Gasteiger partial charge is 0.0784 e. The Kier molecular flexibility index (Phi) is 6.01. The first-order chi connectivity index (χ1) is 11.9. The molecule has 2 aromatic rings. The number of nitrogens with one attached hydrogen (secondary N) is 1. The van der Waals surface area contributed by atoms with E-state index in [-0.39, 0.29) is 0 Å². The van der Waals surface area contributed by atoms with Crippen LogP contribution in [0.15, 0.2) is 18.3 Å². The highest BCUT2D eigenvalue weighted by molar-refractivity contribution is 5.90. The summed E-state index contributed by atoms with van der Waals surface area (Å²) in [5, 5.41) is 4.88. The molecular weight excluding hydrogens is 298 g/mol. The molecule has 5 N–H and O–H groups in total. The van der Waals surface area contributed by atoms with Gasteiger partial charge >= 0.3 is 0 Å². The Labute approximate surface area is 144 Å². The minimum Gasteiger partial charge on any atom is -0.339 e. The number of fused-ring (bicyclic) bond motifs is 3. The third-order valence-electron chi connectivity index (χ3n) is 4.72. The molecule has 2 aromatic heterocycles. The molecule has 1 aliphatic rings. The van der Waals surface area contributed by atoms with Crippen LogP contribution in [0.5, 0.6) is 0 Å². The zero-order chi connectivity index (χ0) is 16.8. The molecular formula is C19H29N5. The van der Waals surface area contributed by atoms with Gasteiger partial charge in [-0.1, -0.05) is 6.08 Å². The molecule has 0 fully saturated rings. The lowest BCUT2D eigenvalue weighted by Gasteiger charge is -2.12. The van der Waals surface area contributed by atoms with Gasteiger partial charge in [0.1, 0.15) is 0 Å². The molecule has 24 heavy (non-hydrogen) atoms. The van der Waals surface area contributed by atoms with E-state index in [2.05, 4.69) is 33.1 Å². The van der Waals surface area contributed by atoms with Crippen LogP contribution >= 0.6 is 0 Å². The van der Waals surface area contributed by atoms with Crippen molar-refractivity contribution < 1.29 is 0 Å². The Morgan fingerprint density at radius 1 is 1.17 bits per heavy atom. The van der Waals surface area contributed by atoms with Crippen LogP contribution in [0.1, 0.15) is 42.6 Å². The Hall–Kier alpha value is -1.69. The molecule has 5 nitrogen and oxygen atoms in total. The van der Waals surface area contributed by atoms with Crippen LogP contribution in [-0.4, -0.2) is 29.2 Å². The molecule has 0 radical (unpaired) electrons. The lowest BCUT2D eigenvalue weighted by molar-refractivity contribution is 0.617. The van der Waals surface area contributed by atoms with Crippen molar-refractivity contribution in [3.8, 4) is 0 Å². The Bertz CT molecular complexity index is 701. The number of aromatic nitrogens is 2. The van der Waals surface area contributed by atoms with Gasteiger partial charge in [0.05, 0.1) is 11.2 Å². The van der Waals surface area contributed by atoms with Crippen molar-refractivity contribution in [2.24, 2.45) is 11.5 Å². The zero-order valence-corrected chi connectivity index (χ0v) is 14.4. The van der Waals surface area contributed by atoms with Crippen LogP contribution in [0.4, 0.5) is 0 Å². The van der Waals surface area contributed by atoms with Crippen LogP contribution in [0.3, 0.4) is 0 Å². The lowest BCUT2D eigenvalue weighted by Crippen LogP contribution is -2.17. The summed E-state index contributed by atoms with van der Waals surface area (Å²) < 4.78 is 2.43. The quantitative estimate of drug-likeness (QED) is 0.617. The summed E-state index contributed by atoms with van der Waals surface area (Å²) in [4.78, 5) is 4.67. The van der Waals surface area contributed by atoms with Crippen LogP contribution < -0.4 is 16.8 Å². The van der Waals surface area contributed by atoms with Crippen molar-refractivity contribution in [3.63, 3.8) is 0 Å². The summed E-state index contributed by atoms with van der Waals surface area (Å²) in [6.45, 7) is 4.22. The fourth-order valence-corrected chi connectivity index (χ4v) is 3.55. The highest BCUT2D eigenvalue weighted by Gasteiger charge is 2.19. The number of pyridine rings is 1. The summed E-state index contributed by atoms with van der Waals surface area (Å²) >= 11 is 0. The Morgan fingerprint density at radius 2 is 2.04 bits per heavy atom. The molecule has 0 saturated carbocycles. The molecule has 2 heterocycles. The van der Waals surface area contributed by atoms with Crippen LogP contribution in [-0.2, 0) is 19.5 Å². The molecule has 0 amide bonds. The number of rotatable bonds is 9. The summed E-state index contributed by atoms with van der Waals surface area (Å²) in [7, 11) is 0. The van der Waals surface area contributed by atoms with E-state index in [0.717, 1.165) is 64.0 Å². The number of allylic oxidation sites excluding steroid dienone is 1. The molecule has 1 aliphatic carbocycles. The molecule has 0 atom stereocenters. The zero-order valence-electron chi connectivity index (χ0n) is 14.4. The summed E-state index contributed by atoms with van der Waals surface area (Å²) in [5.74, 6) is 0. The Morgan fingerprint density at radius 3 is 2.88 bits per heavy atom. The van der Waals surface area contributed by atoms with E-state index >= 15 is 0 Å². The first-order valence-corrected chi connectivity index (χ1v) is 9.13. The van der Waals surface area contributed by atoms with Crippen molar-refractivity contribution in [1.82, 2.24) is 14.9 Å². The summed E-state index contributed by atoms with van der Waals surface area (Å²) in [6, 6.07) is 2.17. The monoisotopic (exact) mass is 327 g/mol. The number of hydrogen-bond donors (Lipinski definition) is 3. The molecule has 0 bridgehead atoms. The van der Waals surface area contributed by atoms with Gasteiger partial charge in [-0.25, -0.2) is 0 Å². The van der Waals surface area contributed by atoms with Gasteiger partial charge in [0, 0.05) is 30.4 Å². The maximum atomic E-state index is 5.76. The highest BCUT2D eigenvalue weighted by atomic mass is 15.0. The average Bonchev–Trinajstić information content (AvgIpc) is 2.94. The predicted molar refractivity (Wildman–Crippen MR) is 101 cm³/mol. The maximum Gasteiger partial charge on any atom is 0.0784 e. The second-order valence-corrected chi connectivity index (χ2v) is 6.43. The van der Waals surface area contributed by atoms with E-state index in [1.165, 1.54) is 22.2 Å². The number of nitrogens with two attached hydrogens (primary N) is 2. The molecule has 0 spiro atoms. The van der Waals surface area contributed by atoms with Crippen molar-refractivity contribution in [2.45, 2.75) is 45.2 Å². The standard InChI is InChI=1S/C19H29N5/c20-9-3-4-11-22-14-17-19-16(8-12-23-17)15-6-1-2-7-18(15)24(19)13-5-10-21/h2,7-8,12,22H,1,3-6,9-11,13-14,20-21H2. The molecule has 0 saturated heterocycles. The van der Waals surface area contributed by atoms with Gasteiger partial charge in [0.15, 0.2) is 0 Å². The normalized spacial score (nSPS) is 13.6. The van der Waals surface area contributed by atoms with Crippen molar-refractivity contribution in [3.05, 3.63) is 35.3 Å². The summed E-state index contributed by atoms with van der Waals surface area (Å²) in [5.41, 5.74) is 16.6. The van der Waals surface area contributed by atoms with Crippen molar-refractivity contribution in [2.75, 3.05) is 19.6 Å². The SMILES string of the molecule is NCCCCNCc1nccc2c3c(n(CCCN)c12)C=CCC3. The van der Waals surface area contributed by atoms with Gasteiger partial charge in [-0.3, -0.25) is 4.98 Å². The van der Waals surface area contributed by atoms with Gasteiger partial charge in [-0.05, 0) is 69.4 Å². The molecule has 0 unspecified atom stereocenters. The average molecular weight is 327 g/mol.